The lowest BCUT2D eigenvalue weighted by Gasteiger charge is -2.22. The summed E-state index contributed by atoms with van der Waals surface area (Å²) < 4.78 is 39.5. The highest BCUT2D eigenvalue weighted by Crippen LogP contribution is 2.26. The predicted molar refractivity (Wildman–Crippen MR) is 178 cm³/mol. The van der Waals surface area contributed by atoms with E-state index in [0.717, 1.165) is 11.1 Å². The first-order valence-electron chi connectivity index (χ1n) is 15.8. The zero-order valence-corrected chi connectivity index (χ0v) is 28.4. The fourth-order valence-corrected chi connectivity index (χ4v) is 4.36. The molecule has 0 bridgehead atoms. The number of carbonyl (C=O) groups excluding carboxylic acids is 2. The van der Waals surface area contributed by atoms with Gasteiger partial charge in [0.2, 0.25) is 0 Å². The molecule has 0 unspecified atom stereocenters. The summed E-state index contributed by atoms with van der Waals surface area (Å²) in [6.45, 7) is 8.94. The minimum absolute atomic E-state index is 0.155. The molecule has 48 heavy (non-hydrogen) atoms. The molecular formula is C35H47N3O10. The van der Waals surface area contributed by atoms with Crippen LogP contribution in [0.25, 0.3) is 11.1 Å². The Balaban J connectivity index is 1.40. The minimum atomic E-state index is -0.961. The number of aryl methyl sites for hydroxylation is 1. The molecule has 1 N–H and O–H groups in total. The van der Waals surface area contributed by atoms with E-state index in [4.69, 9.17) is 33.2 Å². The van der Waals surface area contributed by atoms with Gasteiger partial charge in [-0.2, -0.15) is 5.10 Å². The Morgan fingerprint density at radius 1 is 0.812 bits per heavy atom. The average molecular weight is 670 g/mol. The summed E-state index contributed by atoms with van der Waals surface area (Å²) in [4.78, 5) is 37.7. The Morgan fingerprint density at radius 2 is 1.40 bits per heavy atom. The van der Waals surface area contributed by atoms with E-state index < -0.39 is 23.7 Å². The maximum atomic E-state index is 13.0. The van der Waals surface area contributed by atoms with Gasteiger partial charge in [0.15, 0.2) is 5.75 Å². The van der Waals surface area contributed by atoms with E-state index in [1.54, 1.807) is 52.1 Å². The lowest BCUT2D eigenvalue weighted by atomic mass is 10.0. The maximum Gasteiger partial charge on any atom is 0.408 e. The van der Waals surface area contributed by atoms with Crippen molar-refractivity contribution in [1.29, 1.82) is 0 Å². The van der Waals surface area contributed by atoms with Crippen molar-refractivity contribution < 1.29 is 42.7 Å². The topological polar surface area (TPSA) is 146 Å². The zero-order valence-electron chi connectivity index (χ0n) is 28.4. The van der Waals surface area contributed by atoms with Gasteiger partial charge in [0.1, 0.15) is 18.2 Å². The Labute approximate surface area is 281 Å². The summed E-state index contributed by atoms with van der Waals surface area (Å²) in [5.41, 5.74) is 1.74. The first-order chi connectivity index (χ1) is 23.1. The molecule has 0 fully saturated rings. The van der Waals surface area contributed by atoms with Gasteiger partial charge in [-0.3, -0.25) is 4.79 Å². The molecular weight excluding hydrogens is 622 g/mol. The normalized spacial score (nSPS) is 11.9. The molecule has 0 aliphatic heterocycles. The van der Waals surface area contributed by atoms with Crippen LogP contribution in [0, 0.1) is 0 Å². The SMILES string of the molecule is COC(=O)[C@H](Cc1ccc(-c2c(OCCOCCOCCOCCOCc3ccccc3)cnn(C)c2=O)cc1)NC(=O)OC(C)(C)C. The number of benzene rings is 2. The standard InChI is InChI=1S/C35H47N3O10/c1-35(2,3)48-34(41)37-29(33(40)42-5)23-26-11-13-28(14-12-26)31-30(24-36-38(4)32(31)39)47-22-21-45-18-17-43-15-16-44-19-20-46-25-27-9-7-6-8-10-27/h6-14,24,29H,15-23,25H2,1-5H3,(H,37,41)/t29-/m0/s1. The molecule has 0 saturated heterocycles. The second-order valence-electron chi connectivity index (χ2n) is 11.7. The molecule has 1 amide bonds. The summed E-state index contributed by atoms with van der Waals surface area (Å²) in [6.07, 6.45) is 0.913. The van der Waals surface area contributed by atoms with Crippen LogP contribution in [0.1, 0.15) is 31.9 Å². The first kappa shape index (κ1) is 38.2. The summed E-state index contributed by atoms with van der Waals surface area (Å²) in [6, 6.07) is 16.0. The minimum Gasteiger partial charge on any atom is -0.489 e. The molecule has 13 heteroatoms. The van der Waals surface area contributed by atoms with Crippen molar-refractivity contribution in [3.05, 3.63) is 82.3 Å². The Bertz CT molecular complexity index is 1460. The van der Waals surface area contributed by atoms with Crippen LogP contribution in [-0.2, 0) is 53.3 Å². The van der Waals surface area contributed by atoms with Crippen molar-refractivity contribution >= 4 is 12.1 Å². The van der Waals surface area contributed by atoms with E-state index in [2.05, 4.69) is 10.4 Å². The smallest absolute Gasteiger partial charge is 0.408 e. The second kappa shape index (κ2) is 20.2. The summed E-state index contributed by atoms with van der Waals surface area (Å²) >= 11 is 0. The molecule has 2 aromatic carbocycles. The van der Waals surface area contributed by atoms with Gasteiger partial charge >= 0.3 is 12.1 Å². The highest BCUT2D eigenvalue weighted by atomic mass is 16.6. The third-order valence-corrected chi connectivity index (χ3v) is 6.67. The lowest BCUT2D eigenvalue weighted by molar-refractivity contribution is -0.143. The molecule has 13 nitrogen and oxygen atoms in total. The van der Waals surface area contributed by atoms with Gasteiger partial charge in [-0.1, -0.05) is 54.6 Å². The number of nitrogens with zero attached hydrogens (tertiary/aromatic N) is 2. The fourth-order valence-electron chi connectivity index (χ4n) is 4.36. The van der Waals surface area contributed by atoms with Crippen molar-refractivity contribution in [2.24, 2.45) is 7.05 Å². The number of aromatic nitrogens is 2. The Hall–Kier alpha value is -4.30. The lowest BCUT2D eigenvalue weighted by Crippen LogP contribution is -2.45. The quantitative estimate of drug-likeness (QED) is 0.139. The van der Waals surface area contributed by atoms with E-state index in [-0.39, 0.29) is 25.2 Å². The van der Waals surface area contributed by atoms with Gasteiger partial charge in [-0.15, -0.1) is 0 Å². The van der Waals surface area contributed by atoms with Crippen LogP contribution in [0.3, 0.4) is 0 Å². The molecule has 3 aromatic rings. The monoisotopic (exact) mass is 669 g/mol. The van der Waals surface area contributed by atoms with Crippen LogP contribution >= 0.6 is 0 Å². The fraction of sp³-hybridized carbons (Fsp3) is 0.486. The molecule has 1 heterocycles. The van der Waals surface area contributed by atoms with Crippen LogP contribution in [0.5, 0.6) is 5.75 Å². The predicted octanol–water partition coefficient (Wildman–Crippen LogP) is 3.70. The maximum absolute atomic E-state index is 13.0. The number of rotatable bonds is 20. The Kier molecular flexibility index (Phi) is 16.0. The van der Waals surface area contributed by atoms with E-state index in [0.29, 0.717) is 63.1 Å². The van der Waals surface area contributed by atoms with Crippen molar-refractivity contribution in [2.45, 2.75) is 45.4 Å². The van der Waals surface area contributed by atoms with Crippen LogP contribution in [-0.4, -0.2) is 93.5 Å². The number of nitrogens with one attached hydrogen (secondary N) is 1. The number of amides is 1. The molecule has 0 aliphatic carbocycles. The summed E-state index contributed by atoms with van der Waals surface area (Å²) in [5, 5.41) is 6.65. The largest absolute Gasteiger partial charge is 0.489 e. The van der Waals surface area contributed by atoms with Gasteiger partial charge in [0, 0.05) is 13.5 Å². The molecule has 262 valence electrons. The second-order valence-corrected chi connectivity index (χ2v) is 11.7. The average Bonchev–Trinajstić information content (AvgIpc) is 3.06. The van der Waals surface area contributed by atoms with Gasteiger partial charge in [0.25, 0.3) is 5.56 Å². The number of hydrogen-bond acceptors (Lipinski definition) is 11. The third kappa shape index (κ3) is 13.8. The molecule has 3 rings (SSSR count). The van der Waals surface area contributed by atoms with E-state index in [1.807, 2.05) is 30.3 Å². The molecule has 1 atom stereocenters. The molecule has 0 aliphatic rings. The number of ether oxygens (including phenoxy) is 7. The third-order valence-electron chi connectivity index (χ3n) is 6.67. The van der Waals surface area contributed by atoms with Crippen LogP contribution < -0.4 is 15.6 Å². The highest BCUT2D eigenvalue weighted by molar-refractivity contribution is 5.81. The number of hydrogen-bond donors (Lipinski definition) is 1. The van der Waals surface area contributed by atoms with Gasteiger partial charge < -0.3 is 38.5 Å². The van der Waals surface area contributed by atoms with E-state index in [1.165, 1.54) is 18.0 Å². The van der Waals surface area contributed by atoms with Crippen LogP contribution in [0.2, 0.25) is 0 Å². The van der Waals surface area contributed by atoms with Gasteiger partial charge in [-0.25, -0.2) is 14.3 Å². The highest BCUT2D eigenvalue weighted by Gasteiger charge is 2.25. The van der Waals surface area contributed by atoms with Crippen molar-refractivity contribution in [2.75, 3.05) is 60.0 Å². The molecule has 0 spiro atoms. The van der Waals surface area contributed by atoms with Gasteiger partial charge in [0.05, 0.1) is 71.7 Å². The van der Waals surface area contributed by atoms with Gasteiger partial charge in [-0.05, 0) is 37.5 Å². The molecule has 1 aromatic heterocycles. The summed E-state index contributed by atoms with van der Waals surface area (Å²) in [7, 11) is 2.81. The van der Waals surface area contributed by atoms with Crippen LogP contribution in [0.15, 0.2) is 65.6 Å². The van der Waals surface area contributed by atoms with Crippen molar-refractivity contribution in [3.8, 4) is 16.9 Å². The van der Waals surface area contributed by atoms with E-state index in [9.17, 15) is 14.4 Å². The number of methoxy groups -OCH3 is 1. The number of alkyl carbamates (subject to hydrolysis) is 1. The molecule has 0 saturated carbocycles. The molecule has 0 radical (unpaired) electrons. The van der Waals surface area contributed by atoms with Crippen molar-refractivity contribution in [1.82, 2.24) is 15.1 Å². The first-order valence-corrected chi connectivity index (χ1v) is 15.8. The van der Waals surface area contributed by atoms with E-state index >= 15 is 0 Å². The number of esters is 1. The Morgan fingerprint density at radius 3 is 1.98 bits per heavy atom. The summed E-state index contributed by atoms with van der Waals surface area (Å²) in [5.74, 6) is -0.294. The van der Waals surface area contributed by atoms with Crippen LogP contribution in [0.4, 0.5) is 4.79 Å². The number of carbonyl (C=O) groups is 2. The zero-order chi connectivity index (χ0) is 34.8. The van der Waals surface area contributed by atoms with Crippen molar-refractivity contribution in [3.63, 3.8) is 0 Å².